The van der Waals surface area contributed by atoms with Gasteiger partial charge in [-0.3, -0.25) is 9.59 Å². The summed E-state index contributed by atoms with van der Waals surface area (Å²) in [5.41, 5.74) is 2.19. The average Bonchev–Trinajstić information content (AvgIpc) is 3.34. The van der Waals surface area contributed by atoms with Crippen molar-refractivity contribution in [3.05, 3.63) is 36.0 Å². The Balaban J connectivity index is 1.23. The number of aromatic nitrogens is 1. The van der Waals surface area contributed by atoms with Crippen LogP contribution in [0, 0.1) is 0 Å². The van der Waals surface area contributed by atoms with E-state index < -0.39 is 12.0 Å². The summed E-state index contributed by atoms with van der Waals surface area (Å²) in [6.07, 6.45) is 3.83. The summed E-state index contributed by atoms with van der Waals surface area (Å²) in [6, 6.07) is 7.41. The molecule has 148 valence electrons. The Morgan fingerprint density at radius 2 is 2.21 bits per heavy atom. The molecule has 1 aromatic carbocycles. The van der Waals surface area contributed by atoms with Crippen molar-refractivity contribution in [1.29, 1.82) is 0 Å². The van der Waals surface area contributed by atoms with Gasteiger partial charge in [0.05, 0.1) is 4.87 Å². The third-order valence-electron chi connectivity index (χ3n) is 5.45. The molecule has 0 radical (unpaired) electrons. The maximum absolute atomic E-state index is 12.4. The normalized spacial score (nSPS) is 23.8. The third-order valence-corrected chi connectivity index (χ3v) is 6.96. The SMILES string of the molecule is C[C@]12CCC(=O)N1[C@H](C(=O)OCC(=O)NCCc1c[nH]c3ccccc13)CS2. The fourth-order valence-corrected chi connectivity index (χ4v) is 5.37. The van der Waals surface area contributed by atoms with Crippen LogP contribution in [-0.2, 0) is 25.5 Å². The molecule has 1 aromatic heterocycles. The number of aromatic amines is 1. The van der Waals surface area contributed by atoms with Crippen molar-refractivity contribution in [2.45, 2.75) is 37.1 Å². The Morgan fingerprint density at radius 3 is 3.07 bits per heavy atom. The number of carbonyl (C=O) groups excluding carboxylic acids is 3. The number of ether oxygens (including phenoxy) is 1. The summed E-state index contributed by atoms with van der Waals surface area (Å²) in [5, 5.41) is 3.92. The van der Waals surface area contributed by atoms with Crippen LogP contribution in [0.4, 0.5) is 0 Å². The lowest BCUT2D eigenvalue weighted by atomic mass is 10.1. The zero-order chi connectivity index (χ0) is 19.7. The molecule has 2 aliphatic rings. The van der Waals surface area contributed by atoms with Crippen LogP contribution in [0.25, 0.3) is 10.9 Å². The molecule has 2 aliphatic heterocycles. The van der Waals surface area contributed by atoms with Crippen LogP contribution in [0.1, 0.15) is 25.3 Å². The lowest BCUT2D eigenvalue weighted by molar-refractivity contribution is -0.156. The molecule has 0 aliphatic carbocycles. The number of fused-ring (bicyclic) bond motifs is 2. The number of hydrogen-bond acceptors (Lipinski definition) is 5. The van der Waals surface area contributed by atoms with E-state index in [1.807, 2.05) is 37.4 Å². The second-order valence-corrected chi connectivity index (χ2v) is 8.83. The van der Waals surface area contributed by atoms with E-state index in [9.17, 15) is 14.4 Å². The largest absolute Gasteiger partial charge is 0.454 e. The van der Waals surface area contributed by atoms with Crippen LogP contribution in [-0.4, -0.2) is 57.5 Å². The predicted octanol–water partition coefficient (Wildman–Crippen LogP) is 1.82. The Bertz CT molecular complexity index is 927. The van der Waals surface area contributed by atoms with Crippen LogP contribution in [0.5, 0.6) is 0 Å². The summed E-state index contributed by atoms with van der Waals surface area (Å²) >= 11 is 1.60. The first-order chi connectivity index (χ1) is 13.5. The molecule has 0 bridgehead atoms. The zero-order valence-electron chi connectivity index (χ0n) is 15.7. The van der Waals surface area contributed by atoms with Crippen molar-refractivity contribution < 1.29 is 19.1 Å². The number of carbonyl (C=O) groups is 3. The smallest absolute Gasteiger partial charge is 0.330 e. The molecule has 0 saturated carbocycles. The van der Waals surface area contributed by atoms with E-state index in [0.717, 1.165) is 22.9 Å². The summed E-state index contributed by atoms with van der Waals surface area (Å²) in [7, 11) is 0. The molecule has 2 aromatic rings. The number of nitrogens with one attached hydrogen (secondary N) is 2. The molecule has 0 spiro atoms. The Hall–Kier alpha value is -2.48. The number of benzene rings is 1. The Kier molecular flexibility index (Phi) is 5.05. The van der Waals surface area contributed by atoms with Gasteiger partial charge in [0.2, 0.25) is 5.91 Å². The van der Waals surface area contributed by atoms with Gasteiger partial charge < -0.3 is 19.9 Å². The second kappa shape index (κ2) is 7.50. The number of rotatable bonds is 6. The number of amides is 2. The van der Waals surface area contributed by atoms with Crippen LogP contribution >= 0.6 is 11.8 Å². The highest BCUT2D eigenvalue weighted by atomic mass is 32.2. The fraction of sp³-hybridized carbons (Fsp3) is 0.450. The van der Waals surface area contributed by atoms with Crippen LogP contribution in [0.15, 0.2) is 30.5 Å². The second-order valence-electron chi connectivity index (χ2n) is 7.33. The van der Waals surface area contributed by atoms with Gasteiger partial charge in [-0.05, 0) is 31.4 Å². The molecular formula is C20H23N3O4S. The van der Waals surface area contributed by atoms with Crippen molar-refractivity contribution in [3.8, 4) is 0 Å². The number of para-hydroxylation sites is 1. The summed E-state index contributed by atoms with van der Waals surface area (Å²) in [6.45, 7) is 2.11. The van der Waals surface area contributed by atoms with E-state index in [1.165, 1.54) is 0 Å². The number of hydrogen-bond donors (Lipinski definition) is 2. The first-order valence-corrected chi connectivity index (χ1v) is 10.4. The number of nitrogens with zero attached hydrogens (tertiary/aromatic N) is 1. The molecule has 4 rings (SSSR count). The van der Waals surface area contributed by atoms with Gasteiger partial charge in [-0.2, -0.15) is 0 Å². The van der Waals surface area contributed by atoms with Crippen LogP contribution in [0.2, 0.25) is 0 Å². The summed E-state index contributed by atoms with van der Waals surface area (Å²) in [5.74, 6) is -0.339. The molecule has 8 heteroatoms. The maximum Gasteiger partial charge on any atom is 0.330 e. The topological polar surface area (TPSA) is 91.5 Å². The van der Waals surface area contributed by atoms with Crippen molar-refractivity contribution in [2.75, 3.05) is 18.9 Å². The monoisotopic (exact) mass is 401 g/mol. The molecule has 2 fully saturated rings. The van der Waals surface area contributed by atoms with Gasteiger partial charge in [0.25, 0.3) is 5.91 Å². The fourth-order valence-electron chi connectivity index (χ4n) is 3.95. The average molecular weight is 401 g/mol. The van der Waals surface area contributed by atoms with Crippen LogP contribution in [0.3, 0.4) is 0 Å². The van der Waals surface area contributed by atoms with E-state index in [0.29, 0.717) is 25.1 Å². The van der Waals surface area contributed by atoms with Gasteiger partial charge in [0.15, 0.2) is 6.61 Å². The minimum atomic E-state index is -0.593. The van der Waals surface area contributed by atoms with Gasteiger partial charge in [0.1, 0.15) is 6.04 Å². The Morgan fingerprint density at radius 1 is 1.39 bits per heavy atom. The molecule has 2 saturated heterocycles. The van der Waals surface area contributed by atoms with Gasteiger partial charge in [0, 0.05) is 35.8 Å². The molecular weight excluding hydrogens is 378 g/mol. The summed E-state index contributed by atoms with van der Waals surface area (Å²) < 4.78 is 5.18. The molecule has 2 amide bonds. The third kappa shape index (κ3) is 3.48. The van der Waals surface area contributed by atoms with E-state index in [2.05, 4.69) is 10.3 Å². The van der Waals surface area contributed by atoms with E-state index in [4.69, 9.17) is 4.74 Å². The van der Waals surface area contributed by atoms with Crippen molar-refractivity contribution in [2.24, 2.45) is 0 Å². The summed E-state index contributed by atoms with van der Waals surface area (Å²) in [4.78, 5) is 41.0. The van der Waals surface area contributed by atoms with Crippen molar-refractivity contribution in [1.82, 2.24) is 15.2 Å². The molecule has 7 nitrogen and oxygen atoms in total. The van der Waals surface area contributed by atoms with Gasteiger partial charge in [-0.1, -0.05) is 18.2 Å². The highest BCUT2D eigenvalue weighted by Gasteiger charge is 2.53. The molecule has 2 atom stereocenters. The zero-order valence-corrected chi connectivity index (χ0v) is 16.5. The van der Waals surface area contributed by atoms with Crippen molar-refractivity contribution in [3.63, 3.8) is 0 Å². The highest BCUT2D eigenvalue weighted by molar-refractivity contribution is 8.01. The van der Waals surface area contributed by atoms with E-state index in [1.54, 1.807) is 16.7 Å². The lowest BCUT2D eigenvalue weighted by Gasteiger charge is -2.29. The highest BCUT2D eigenvalue weighted by Crippen LogP contribution is 2.47. The Labute approximate surface area is 167 Å². The first-order valence-electron chi connectivity index (χ1n) is 9.42. The molecule has 3 heterocycles. The van der Waals surface area contributed by atoms with Crippen molar-refractivity contribution >= 4 is 40.4 Å². The quantitative estimate of drug-likeness (QED) is 0.721. The molecule has 28 heavy (non-hydrogen) atoms. The maximum atomic E-state index is 12.4. The lowest BCUT2D eigenvalue weighted by Crippen LogP contribution is -2.47. The van der Waals surface area contributed by atoms with Gasteiger partial charge >= 0.3 is 5.97 Å². The minimum Gasteiger partial charge on any atom is -0.454 e. The molecule has 0 unspecified atom stereocenters. The minimum absolute atomic E-state index is 0.0161. The number of esters is 1. The van der Waals surface area contributed by atoms with Gasteiger partial charge in [-0.25, -0.2) is 4.79 Å². The standard InChI is InChI=1S/C20H23N3O4S/c1-20-8-6-18(25)23(20)16(12-28-20)19(26)27-11-17(24)21-9-7-13-10-22-15-5-3-2-4-14(13)15/h2-5,10,16,22H,6-9,11-12H2,1H3,(H,21,24)/t16-,20-/m0/s1. The number of thioether (sulfide) groups is 1. The van der Waals surface area contributed by atoms with Gasteiger partial charge in [-0.15, -0.1) is 11.8 Å². The first kappa shape index (κ1) is 18.9. The molecule has 2 N–H and O–H groups in total. The number of H-pyrrole nitrogens is 1. The van der Waals surface area contributed by atoms with E-state index in [-0.39, 0.29) is 23.3 Å². The van der Waals surface area contributed by atoms with Crippen LogP contribution < -0.4 is 5.32 Å². The predicted molar refractivity (Wildman–Crippen MR) is 107 cm³/mol. The van der Waals surface area contributed by atoms with E-state index >= 15 is 0 Å².